The summed E-state index contributed by atoms with van der Waals surface area (Å²) in [6, 6.07) is 11.3. The fraction of sp³-hybridized carbons (Fsp3) is 0.353. The quantitative estimate of drug-likeness (QED) is 0.858. The molecule has 1 aromatic heterocycles. The number of hydrogen-bond acceptors (Lipinski definition) is 2. The lowest BCUT2D eigenvalue weighted by Crippen LogP contribution is -2.50. The average molecular weight is 286 g/mol. The Morgan fingerprint density at radius 3 is 2.43 bits per heavy atom. The first-order valence-electron chi connectivity index (χ1n) is 7.31. The molecule has 0 aliphatic rings. The summed E-state index contributed by atoms with van der Waals surface area (Å²) in [6.45, 7) is 3.88. The number of carbonyl (C=O) groups is 1. The van der Waals surface area contributed by atoms with Crippen LogP contribution in [0.15, 0.2) is 48.8 Å². The fourth-order valence-corrected chi connectivity index (χ4v) is 2.32. The van der Waals surface area contributed by atoms with Gasteiger partial charge in [-0.05, 0) is 43.2 Å². The van der Waals surface area contributed by atoms with E-state index in [1.165, 1.54) is 0 Å². The molecule has 4 heteroatoms. The third-order valence-electron chi connectivity index (χ3n) is 4.05. The van der Waals surface area contributed by atoms with Crippen molar-refractivity contribution < 1.29 is 9.90 Å². The zero-order valence-electron chi connectivity index (χ0n) is 12.5. The van der Waals surface area contributed by atoms with Crippen LogP contribution in [0.25, 0.3) is 5.69 Å². The summed E-state index contributed by atoms with van der Waals surface area (Å²) < 4.78 is 1.95. The van der Waals surface area contributed by atoms with Crippen LogP contribution in [-0.2, 0) is 0 Å². The van der Waals surface area contributed by atoms with Crippen LogP contribution in [0.2, 0.25) is 0 Å². The van der Waals surface area contributed by atoms with Crippen LogP contribution >= 0.6 is 0 Å². The topological polar surface area (TPSA) is 54.3 Å². The Labute approximate surface area is 125 Å². The zero-order valence-corrected chi connectivity index (χ0v) is 12.5. The first-order chi connectivity index (χ1) is 10.1. The molecule has 0 aliphatic heterocycles. The number of aromatic nitrogens is 1. The van der Waals surface area contributed by atoms with E-state index in [9.17, 15) is 9.90 Å². The minimum atomic E-state index is -0.541. The highest BCUT2D eigenvalue weighted by Gasteiger charge is 2.27. The maximum atomic E-state index is 12.4. The largest absolute Gasteiger partial charge is 0.394 e. The molecule has 0 atom stereocenters. The summed E-state index contributed by atoms with van der Waals surface area (Å²) in [5.41, 5.74) is 0.997. The van der Waals surface area contributed by atoms with Gasteiger partial charge in [0.25, 0.3) is 5.91 Å². The fourth-order valence-electron chi connectivity index (χ4n) is 2.32. The molecule has 0 fully saturated rings. The predicted octanol–water partition coefficient (Wildman–Crippen LogP) is 2.76. The van der Waals surface area contributed by atoms with Gasteiger partial charge in [-0.2, -0.15) is 0 Å². The van der Waals surface area contributed by atoms with Crippen LogP contribution in [0.3, 0.4) is 0 Å². The van der Waals surface area contributed by atoms with Gasteiger partial charge in [0.15, 0.2) is 0 Å². The van der Waals surface area contributed by atoms with E-state index in [4.69, 9.17) is 0 Å². The molecule has 0 aliphatic carbocycles. The molecular formula is C17H22N2O2. The minimum Gasteiger partial charge on any atom is -0.394 e. The maximum absolute atomic E-state index is 12.4. The molecule has 0 saturated carbocycles. The van der Waals surface area contributed by atoms with Gasteiger partial charge in [0.1, 0.15) is 0 Å². The number of benzene rings is 1. The Bertz CT molecular complexity index is 578. The van der Waals surface area contributed by atoms with Crippen molar-refractivity contribution in [3.8, 4) is 5.69 Å². The molecule has 112 valence electrons. The molecule has 0 spiro atoms. The molecular weight excluding hydrogens is 264 g/mol. The van der Waals surface area contributed by atoms with Crippen molar-refractivity contribution in [1.82, 2.24) is 9.88 Å². The van der Waals surface area contributed by atoms with Crippen molar-refractivity contribution >= 4 is 5.91 Å². The molecule has 2 aromatic rings. The summed E-state index contributed by atoms with van der Waals surface area (Å²) in [5.74, 6) is -0.151. The average Bonchev–Trinajstić information content (AvgIpc) is 3.07. The van der Waals surface area contributed by atoms with Crippen molar-refractivity contribution in [3.05, 3.63) is 54.4 Å². The lowest BCUT2D eigenvalue weighted by atomic mass is 9.93. The van der Waals surface area contributed by atoms with Crippen LogP contribution in [0.4, 0.5) is 0 Å². The highest BCUT2D eigenvalue weighted by molar-refractivity contribution is 5.95. The van der Waals surface area contributed by atoms with Gasteiger partial charge in [-0.25, -0.2) is 0 Å². The molecule has 1 heterocycles. The van der Waals surface area contributed by atoms with E-state index in [0.717, 1.165) is 5.69 Å². The van der Waals surface area contributed by atoms with Crippen LogP contribution in [0.1, 0.15) is 37.0 Å². The predicted molar refractivity (Wildman–Crippen MR) is 83.6 cm³/mol. The van der Waals surface area contributed by atoms with Crippen molar-refractivity contribution in [1.29, 1.82) is 0 Å². The number of aliphatic hydroxyl groups is 1. The van der Waals surface area contributed by atoms with Crippen LogP contribution in [0, 0.1) is 0 Å². The van der Waals surface area contributed by atoms with Crippen LogP contribution in [0.5, 0.6) is 0 Å². The summed E-state index contributed by atoms with van der Waals surface area (Å²) in [7, 11) is 0. The van der Waals surface area contributed by atoms with E-state index >= 15 is 0 Å². The van der Waals surface area contributed by atoms with E-state index in [-0.39, 0.29) is 12.5 Å². The maximum Gasteiger partial charge on any atom is 0.251 e. The number of carbonyl (C=O) groups excluding carboxylic acids is 1. The zero-order chi connectivity index (χ0) is 15.3. The second kappa shape index (κ2) is 6.59. The highest BCUT2D eigenvalue weighted by atomic mass is 16.3. The van der Waals surface area contributed by atoms with Crippen molar-refractivity contribution in [2.75, 3.05) is 6.61 Å². The third-order valence-corrected chi connectivity index (χ3v) is 4.05. The SMILES string of the molecule is CCC(CC)(CO)NC(=O)c1cccc(-n2cccc2)c1. The number of aliphatic hydroxyl groups excluding tert-OH is 1. The molecule has 21 heavy (non-hydrogen) atoms. The van der Waals surface area contributed by atoms with Gasteiger partial charge in [0, 0.05) is 23.6 Å². The van der Waals surface area contributed by atoms with E-state index < -0.39 is 5.54 Å². The summed E-state index contributed by atoms with van der Waals surface area (Å²) in [5, 5.41) is 12.5. The number of hydrogen-bond donors (Lipinski definition) is 2. The minimum absolute atomic E-state index is 0.0525. The Kier molecular flexibility index (Phi) is 4.81. The van der Waals surface area contributed by atoms with Crippen molar-refractivity contribution in [3.63, 3.8) is 0 Å². The molecule has 1 aromatic carbocycles. The number of nitrogens with one attached hydrogen (secondary N) is 1. The van der Waals surface area contributed by atoms with E-state index in [1.54, 1.807) is 6.07 Å². The molecule has 0 unspecified atom stereocenters. The standard InChI is InChI=1S/C17H22N2O2/c1-3-17(4-2,13-20)18-16(21)14-8-7-9-15(12-14)19-10-5-6-11-19/h5-12,20H,3-4,13H2,1-2H3,(H,18,21). The van der Waals surface area contributed by atoms with Gasteiger partial charge < -0.3 is 15.0 Å². The number of nitrogens with zero attached hydrogens (tertiary/aromatic N) is 1. The van der Waals surface area contributed by atoms with Gasteiger partial charge in [0.2, 0.25) is 0 Å². The van der Waals surface area contributed by atoms with Gasteiger partial charge in [-0.15, -0.1) is 0 Å². The Morgan fingerprint density at radius 2 is 1.86 bits per heavy atom. The summed E-state index contributed by atoms with van der Waals surface area (Å²) >= 11 is 0. The molecule has 2 rings (SSSR count). The lowest BCUT2D eigenvalue weighted by Gasteiger charge is -2.30. The van der Waals surface area contributed by atoms with Crippen LogP contribution < -0.4 is 5.32 Å². The Balaban J connectivity index is 2.22. The van der Waals surface area contributed by atoms with Gasteiger partial charge in [-0.1, -0.05) is 19.9 Å². The first-order valence-corrected chi connectivity index (χ1v) is 7.31. The molecule has 0 radical (unpaired) electrons. The van der Waals surface area contributed by atoms with Crippen molar-refractivity contribution in [2.45, 2.75) is 32.2 Å². The van der Waals surface area contributed by atoms with E-state index in [1.807, 2.05) is 61.1 Å². The molecule has 0 bridgehead atoms. The summed E-state index contributed by atoms with van der Waals surface area (Å²) in [4.78, 5) is 12.4. The normalized spacial score (nSPS) is 11.4. The first kappa shape index (κ1) is 15.3. The second-order valence-electron chi connectivity index (χ2n) is 5.24. The second-order valence-corrected chi connectivity index (χ2v) is 5.24. The Hall–Kier alpha value is -2.07. The molecule has 0 saturated heterocycles. The lowest BCUT2D eigenvalue weighted by molar-refractivity contribution is 0.0818. The van der Waals surface area contributed by atoms with E-state index in [2.05, 4.69) is 5.32 Å². The van der Waals surface area contributed by atoms with Gasteiger partial charge >= 0.3 is 0 Å². The molecule has 1 amide bonds. The van der Waals surface area contributed by atoms with Crippen LogP contribution in [-0.4, -0.2) is 27.7 Å². The van der Waals surface area contributed by atoms with E-state index in [0.29, 0.717) is 18.4 Å². The summed E-state index contributed by atoms with van der Waals surface area (Å²) in [6.07, 6.45) is 5.27. The third kappa shape index (κ3) is 3.34. The number of amides is 1. The molecule has 2 N–H and O–H groups in total. The van der Waals surface area contributed by atoms with Gasteiger partial charge in [-0.3, -0.25) is 4.79 Å². The smallest absolute Gasteiger partial charge is 0.251 e. The van der Waals surface area contributed by atoms with Crippen molar-refractivity contribution in [2.24, 2.45) is 0 Å². The monoisotopic (exact) mass is 286 g/mol. The highest BCUT2D eigenvalue weighted by Crippen LogP contribution is 2.17. The Morgan fingerprint density at radius 1 is 1.19 bits per heavy atom. The molecule has 4 nitrogen and oxygen atoms in total. The number of rotatable bonds is 6. The van der Waals surface area contributed by atoms with Gasteiger partial charge in [0.05, 0.1) is 12.1 Å².